The van der Waals surface area contributed by atoms with Crippen molar-refractivity contribution in [3.05, 3.63) is 297 Å². The topological polar surface area (TPSA) is 307 Å². The molecule has 0 amide bonds. The minimum atomic E-state index is -0.788. The number of anilines is 9. The van der Waals surface area contributed by atoms with E-state index in [1.165, 1.54) is 22.3 Å². The van der Waals surface area contributed by atoms with E-state index in [1.54, 1.807) is 85.2 Å². The number of allylic oxidation sites excluding steroid dienone is 4. The number of fused-ring (bicyclic) bond motifs is 5. The molecule has 4 saturated heterocycles. The Morgan fingerprint density at radius 3 is 0.804 bits per heavy atom. The van der Waals surface area contributed by atoms with Gasteiger partial charge in [-0.2, -0.15) is 0 Å². The lowest BCUT2D eigenvalue weighted by molar-refractivity contribution is -0.118. The van der Waals surface area contributed by atoms with Crippen LogP contribution >= 0.6 is 0 Å². The summed E-state index contributed by atoms with van der Waals surface area (Å²) in [4.78, 5) is 103. The van der Waals surface area contributed by atoms with Gasteiger partial charge in [-0.05, 0) is 112 Å². The summed E-state index contributed by atoms with van der Waals surface area (Å²) in [6, 6.07) is 67.6. The molecule has 768 valence electrons. The lowest BCUT2D eigenvalue weighted by atomic mass is 9.92. The van der Waals surface area contributed by atoms with Crippen molar-refractivity contribution >= 4 is 115 Å². The standard InChI is InChI=1S/3C24H27N3O3.2C23H25N3O3/c1-24(2)22(28)21(20-11-15-9-7-8-10-19(15)25-20)23(26(3)4)27(24)16-12-17(29-5)14-18(13-16)30-6;2*1-5-21-23(28)22(20-11-15-9-7-8-10-19(15)26-20)24(25-6-2)27(21)16-12-17(29-3)14-18(13-16)30-4;2*1-5-20-22(27)21(19-10-14-8-6-7-9-18(14)25-19)23(24-2)26(20)15-11-16(28-3)13-17(12-15)29-4/h7-10,12-14H,11H2,1-6H3;2*7-10,12-14,21,26H,5-6,11H2,1-4H3;2*6-9,11-13,20,25H,5,10H2,1-4H3/t;2*21-;2*20-/m.1010/s1. The summed E-state index contributed by atoms with van der Waals surface area (Å²) in [5, 5.41) is 13.8. The molecule has 0 aromatic heterocycles. The van der Waals surface area contributed by atoms with Crippen molar-refractivity contribution in [3.8, 4) is 57.5 Å². The molecule has 0 bridgehead atoms. The Labute approximate surface area is 866 Å². The van der Waals surface area contributed by atoms with E-state index in [0.717, 1.165) is 96.8 Å². The molecule has 4 N–H and O–H groups in total. The summed E-state index contributed by atoms with van der Waals surface area (Å²) in [6.45, 7) is 17.1. The molecule has 20 rings (SSSR count). The highest BCUT2D eigenvalue weighted by molar-refractivity contribution is 6.39. The van der Waals surface area contributed by atoms with E-state index in [0.29, 0.717) is 180 Å². The maximum Gasteiger partial charge on any atom is 0.193 e. The first-order valence-corrected chi connectivity index (χ1v) is 50.0. The average Bonchev–Trinajstić information content (AvgIpc) is 1.57. The van der Waals surface area contributed by atoms with Gasteiger partial charge in [0.1, 0.15) is 92.2 Å². The summed E-state index contributed by atoms with van der Waals surface area (Å²) < 4.78 is 54.5. The smallest absolute Gasteiger partial charge is 0.193 e. The third-order valence-corrected chi connectivity index (χ3v) is 27.9. The van der Waals surface area contributed by atoms with Gasteiger partial charge in [-0.15, -0.1) is 0 Å². The normalized spacial score (nSPS) is 20.9. The second kappa shape index (κ2) is 45.5. The molecule has 0 unspecified atom stereocenters. The Kier molecular flexibility index (Phi) is 32.1. The first kappa shape index (κ1) is 104. The summed E-state index contributed by atoms with van der Waals surface area (Å²) in [5.74, 6) is 10.7. The number of rotatable bonds is 23. The summed E-state index contributed by atoms with van der Waals surface area (Å²) >= 11 is 0. The fourth-order valence-corrected chi connectivity index (χ4v) is 20.8. The zero-order valence-corrected chi connectivity index (χ0v) is 88.3. The van der Waals surface area contributed by atoms with Crippen molar-refractivity contribution < 1.29 is 71.3 Å². The molecular weight excluding hydrogens is 1870 g/mol. The first-order valence-electron chi connectivity index (χ1n) is 50.0. The van der Waals surface area contributed by atoms with Crippen LogP contribution in [0.15, 0.2) is 294 Å². The third kappa shape index (κ3) is 20.3. The molecule has 4 atom stereocenters. The minimum Gasteiger partial charge on any atom is -0.497 e. The molecule has 30 heteroatoms. The largest absolute Gasteiger partial charge is 0.497 e. The molecule has 0 saturated carbocycles. The Hall–Kier alpha value is -16.4. The predicted octanol–water partition coefficient (Wildman–Crippen LogP) is 20.0. The van der Waals surface area contributed by atoms with Gasteiger partial charge in [0, 0.05) is 210 Å². The van der Waals surface area contributed by atoms with Gasteiger partial charge >= 0.3 is 0 Å². The van der Waals surface area contributed by atoms with Crippen LogP contribution in [0.1, 0.15) is 109 Å². The average molecular weight is 2000 g/mol. The number of benzene rings is 10. The fourth-order valence-electron chi connectivity index (χ4n) is 20.8. The number of carbonyl (C=O) groups is 5. The molecule has 10 aromatic rings. The maximum atomic E-state index is 13.7. The number of ketones is 5. The van der Waals surface area contributed by atoms with E-state index in [4.69, 9.17) is 62.3 Å². The van der Waals surface area contributed by atoms with Crippen LogP contribution in [0.2, 0.25) is 0 Å². The fraction of sp³-hybridized carbons (Fsp3) is 0.322. The SMILES string of the molecule is CCN=C1C(=C2Cc3ccccc3N2)C(=O)[C@@H](CC)N1c1cc(OC)cc(OC)c1.CCN=C1C(=C2Cc3ccccc3N2)C(=O)[C@H](CC)N1c1cc(OC)cc(OC)c1.CC[C@@H]1C(=O)C(=C2Cc3ccccc3N2)C(=NC)N1c1cc(OC)cc(OC)c1.CC[C@H]1C(=O)C(=C2Cc3ccccc3N2)C(=NC)N1c1cc(OC)cc(OC)c1.COc1cc(OC)cc(N2C(N(C)C)=C(C3=Nc4ccccc4C3)C(=O)C2(C)C)c1. The second-order valence-electron chi connectivity index (χ2n) is 37.1. The zero-order chi connectivity index (χ0) is 105. The van der Waals surface area contributed by atoms with Crippen LogP contribution in [0.3, 0.4) is 0 Å². The van der Waals surface area contributed by atoms with Gasteiger partial charge in [0.25, 0.3) is 0 Å². The van der Waals surface area contributed by atoms with Gasteiger partial charge in [0.05, 0.1) is 163 Å². The van der Waals surface area contributed by atoms with E-state index < -0.39 is 5.54 Å². The Bertz CT molecular complexity index is 6610. The van der Waals surface area contributed by atoms with Gasteiger partial charge < -0.3 is 98.0 Å². The highest BCUT2D eigenvalue weighted by Gasteiger charge is 2.52. The number of amidine groups is 4. The van der Waals surface area contributed by atoms with E-state index in [2.05, 4.69) is 66.5 Å². The lowest BCUT2D eigenvalue weighted by Gasteiger charge is -2.37. The quantitative estimate of drug-likeness (QED) is 0.0432. The molecule has 10 aliphatic rings. The van der Waals surface area contributed by atoms with E-state index in [1.807, 2.05) is 276 Å². The highest BCUT2D eigenvalue weighted by atomic mass is 16.5. The van der Waals surface area contributed by atoms with Gasteiger partial charge in [0.2, 0.25) is 0 Å². The predicted molar refractivity (Wildman–Crippen MR) is 589 cm³/mol. The van der Waals surface area contributed by atoms with Gasteiger partial charge in [-0.1, -0.05) is 119 Å². The number of hydrogen-bond acceptors (Lipinski definition) is 26. The number of methoxy groups -OCH3 is 10. The number of aliphatic imine (C=N–C) groups is 5. The summed E-state index contributed by atoms with van der Waals surface area (Å²) in [5.41, 5.74) is 22.3. The minimum absolute atomic E-state index is 0.0551. The molecule has 30 nitrogen and oxygen atoms in total. The molecular formula is C118H131N15O15. The van der Waals surface area contributed by atoms with Gasteiger partial charge in [0.15, 0.2) is 28.9 Å². The van der Waals surface area contributed by atoms with Crippen molar-refractivity contribution in [3.63, 3.8) is 0 Å². The van der Waals surface area contributed by atoms with Crippen LogP contribution in [-0.4, -0.2) is 205 Å². The molecule has 10 aliphatic heterocycles. The zero-order valence-electron chi connectivity index (χ0n) is 88.3. The van der Waals surface area contributed by atoms with Crippen molar-refractivity contribution in [2.24, 2.45) is 25.0 Å². The Morgan fingerprint density at radius 2 is 0.568 bits per heavy atom. The number of nitrogens with one attached hydrogen (secondary N) is 4. The van der Waals surface area contributed by atoms with Gasteiger partial charge in [-0.25, -0.2) is 0 Å². The van der Waals surface area contributed by atoms with E-state index >= 15 is 0 Å². The molecule has 10 heterocycles. The number of para-hydroxylation sites is 5. The molecule has 0 aliphatic carbocycles. The van der Waals surface area contributed by atoms with Crippen molar-refractivity contribution in [1.29, 1.82) is 0 Å². The Morgan fingerprint density at radius 1 is 0.324 bits per heavy atom. The number of nitrogens with zero attached hydrogens (tertiary/aromatic N) is 11. The summed E-state index contributed by atoms with van der Waals surface area (Å²) in [7, 11) is 23.6. The third-order valence-electron chi connectivity index (χ3n) is 27.9. The Balaban J connectivity index is 0.000000132. The molecule has 0 spiro atoms. The van der Waals surface area contributed by atoms with Crippen LogP contribution in [-0.2, 0) is 56.1 Å². The van der Waals surface area contributed by atoms with E-state index in [-0.39, 0.29) is 53.1 Å². The van der Waals surface area contributed by atoms with Gasteiger partial charge in [-0.3, -0.25) is 48.9 Å². The van der Waals surface area contributed by atoms with Crippen LogP contribution in [0.4, 0.5) is 56.9 Å². The van der Waals surface area contributed by atoms with Crippen LogP contribution in [0, 0.1) is 0 Å². The number of Topliss-reactive ketones (excluding diaryl/α,β-unsaturated/α-hetero) is 5. The molecule has 4 fully saturated rings. The maximum absolute atomic E-state index is 13.7. The molecule has 148 heavy (non-hydrogen) atoms. The lowest BCUT2D eigenvalue weighted by Crippen LogP contribution is -2.46. The van der Waals surface area contributed by atoms with Crippen LogP contribution in [0.25, 0.3) is 0 Å². The summed E-state index contributed by atoms with van der Waals surface area (Å²) in [6.07, 6.45) is 6.12. The van der Waals surface area contributed by atoms with Crippen LogP contribution in [0.5, 0.6) is 57.5 Å². The number of ether oxygens (including phenoxy) is 10. The first-order chi connectivity index (χ1) is 71.7. The monoisotopic (exact) mass is 2000 g/mol. The number of carbonyl (C=O) groups excluding carboxylic acids is 5. The molecule has 10 aromatic carbocycles. The highest BCUT2D eigenvalue weighted by Crippen LogP contribution is 2.49. The van der Waals surface area contributed by atoms with Crippen molar-refractivity contribution in [1.82, 2.24) is 4.90 Å². The number of hydrogen-bond donors (Lipinski definition) is 4. The van der Waals surface area contributed by atoms with E-state index in [9.17, 15) is 24.0 Å². The molecule has 0 radical (unpaired) electrons. The second-order valence-corrected chi connectivity index (χ2v) is 37.1. The van der Waals surface area contributed by atoms with Crippen molar-refractivity contribution in [2.45, 2.75) is 143 Å². The van der Waals surface area contributed by atoms with Crippen LogP contribution < -0.4 is 93.1 Å². The van der Waals surface area contributed by atoms with Crippen molar-refractivity contribution in [2.75, 3.05) is 158 Å².